The van der Waals surface area contributed by atoms with Gasteiger partial charge in [0.05, 0.1) is 18.7 Å². The van der Waals surface area contributed by atoms with Crippen molar-refractivity contribution < 1.29 is 19.1 Å². The van der Waals surface area contributed by atoms with Crippen LogP contribution in [0.1, 0.15) is 34.7 Å². The summed E-state index contributed by atoms with van der Waals surface area (Å²) in [6.45, 7) is 4.06. The first-order valence-corrected chi connectivity index (χ1v) is 12.0. The largest absolute Gasteiger partial charge is 0.381 e. The summed E-state index contributed by atoms with van der Waals surface area (Å²) in [5.41, 5.74) is 0.758. The van der Waals surface area contributed by atoms with Crippen molar-refractivity contribution in [3.05, 3.63) is 58.3 Å². The summed E-state index contributed by atoms with van der Waals surface area (Å²) < 4.78 is 11.8. The highest BCUT2D eigenvalue weighted by Gasteiger charge is 2.58. The van der Waals surface area contributed by atoms with Crippen molar-refractivity contribution in [3.8, 4) is 0 Å². The molecule has 0 saturated carbocycles. The van der Waals surface area contributed by atoms with Crippen LogP contribution in [-0.2, 0) is 14.3 Å². The highest BCUT2D eigenvalue weighted by molar-refractivity contribution is 7.08. The summed E-state index contributed by atoms with van der Waals surface area (Å²) >= 11 is 1.51. The summed E-state index contributed by atoms with van der Waals surface area (Å²) in [5, 5.41) is 3.78. The Labute approximate surface area is 186 Å². The lowest BCUT2D eigenvalue weighted by atomic mass is 9.83. The summed E-state index contributed by atoms with van der Waals surface area (Å²) in [4.78, 5) is 30.7. The molecular weight excluding hydrogens is 412 g/mol. The second-order valence-corrected chi connectivity index (χ2v) is 9.49. The molecule has 1 spiro atoms. The van der Waals surface area contributed by atoms with E-state index in [-0.39, 0.29) is 17.7 Å². The number of nitrogens with zero attached hydrogens (tertiary/aromatic N) is 2. The molecule has 3 saturated heterocycles. The van der Waals surface area contributed by atoms with Gasteiger partial charge in [0.1, 0.15) is 0 Å². The fourth-order valence-electron chi connectivity index (χ4n) is 5.15. The summed E-state index contributed by atoms with van der Waals surface area (Å²) in [5.74, 6) is 0.359. The van der Waals surface area contributed by atoms with E-state index in [9.17, 15) is 9.59 Å². The third-order valence-electron chi connectivity index (χ3n) is 6.84. The number of morpholine rings is 1. The number of carbonyl (C=O) groups is 2. The van der Waals surface area contributed by atoms with E-state index >= 15 is 0 Å². The van der Waals surface area contributed by atoms with Crippen LogP contribution in [0.25, 0.3) is 0 Å². The van der Waals surface area contributed by atoms with E-state index in [2.05, 4.69) is 12.1 Å². The highest BCUT2D eigenvalue weighted by Crippen LogP contribution is 2.43. The monoisotopic (exact) mass is 440 g/mol. The second-order valence-electron chi connectivity index (χ2n) is 8.71. The zero-order chi connectivity index (χ0) is 21.3. The van der Waals surface area contributed by atoms with E-state index in [0.717, 1.165) is 38.2 Å². The number of likely N-dealkylation sites (tertiary alicyclic amines) is 1. The van der Waals surface area contributed by atoms with Crippen molar-refractivity contribution in [2.45, 2.75) is 24.4 Å². The molecule has 2 atom stereocenters. The topological polar surface area (TPSA) is 59.1 Å². The lowest BCUT2D eigenvalue weighted by Crippen LogP contribution is -2.59. The summed E-state index contributed by atoms with van der Waals surface area (Å²) in [7, 11) is 0. The molecule has 6 nitrogen and oxygen atoms in total. The molecule has 2 aromatic rings. The molecule has 0 N–H and O–H groups in total. The number of hydrogen-bond acceptors (Lipinski definition) is 5. The number of thiophene rings is 1. The number of amides is 2. The SMILES string of the molecule is O=C(c1ccsc1)N1CCO[C@]2(C1)C(=O)N(CC1CCOCC1)C[C@@H]2c1ccccc1. The molecule has 7 heteroatoms. The molecule has 0 aliphatic carbocycles. The van der Waals surface area contributed by atoms with Gasteiger partial charge in [0.25, 0.3) is 11.8 Å². The van der Waals surface area contributed by atoms with Gasteiger partial charge in [-0.3, -0.25) is 9.59 Å². The standard InChI is InChI=1S/C24H28N2O4S/c27-22(20-8-13-31-16-20)25-9-12-30-24(17-25)21(19-4-2-1-3-5-19)15-26(23(24)28)14-18-6-10-29-11-7-18/h1-5,8,13,16,18,21H,6-7,9-12,14-15,17H2/t21-,24+/m1/s1. The van der Waals surface area contributed by atoms with Crippen LogP contribution < -0.4 is 0 Å². The molecule has 0 radical (unpaired) electrons. The van der Waals surface area contributed by atoms with Gasteiger partial charge in [-0.1, -0.05) is 30.3 Å². The van der Waals surface area contributed by atoms with Crippen LogP contribution in [0.4, 0.5) is 0 Å². The Kier molecular flexibility index (Phi) is 5.82. The van der Waals surface area contributed by atoms with Crippen LogP contribution in [0.15, 0.2) is 47.2 Å². The van der Waals surface area contributed by atoms with Gasteiger partial charge in [-0.2, -0.15) is 11.3 Å². The van der Waals surface area contributed by atoms with Crippen LogP contribution >= 0.6 is 11.3 Å². The maximum Gasteiger partial charge on any atom is 0.257 e. The van der Waals surface area contributed by atoms with Gasteiger partial charge in [0.15, 0.2) is 5.60 Å². The van der Waals surface area contributed by atoms with E-state index in [1.807, 2.05) is 39.9 Å². The molecule has 164 valence electrons. The molecule has 3 aliphatic rings. The fourth-order valence-corrected chi connectivity index (χ4v) is 5.78. The molecule has 0 bridgehead atoms. The van der Waals surface area contributed by atoms with Crippen LogP contribution in [0.3, 0.4) is 0 Å². The zero-order valence-electron chi connectivity index (χ0n) is 17.6. The van der Waals surface area contributed by atoms with Gasteiger partial charge in [0, 0.05) is 44.1 Å². The number of benzene rings is 1. The lowest BCUT2D eigenvalue weighted by molar-refractivity contribution is -0.160. The first kappa shape index (κ1) is 20.7. The van der Waals surface area contributed by atoms with Gasteiger partial charge in [-0.05, 0) is 35.8 Å². The van der Waals surface area contributed by atoms with Crippen molar-refractivity contribution in [2.75, 3.05) is 46.0 Å². The predicted molar refractivity (Wildman–Crippen MR) is 118 cm³/mol. The Morgan fingerprint density at radius 3 is 2.68 bits per heavy atom. The average molecular weight is 441 g/mol. The lowest BCUT2D eigenvalue weighted by Gasteiger charge is -2.42. The maximum absolute atomic E-state index is 13.8. The Morgan fingerprint density at radius 1 is 1.13 bits per heavy atom. The summed E-state index contributed by atoms with van der Waals surface area (Å²) in [6.07, 6.45) is 1.97. The van der Waals surface area contributed by atoms with E-state index in [1.54, 1.807) is 4.90 Å². The van der Waals surface area contributed by atoms with Crippen LogP contribution in [-0.4, -0.2) is 73.2 Å². The molecule has 4 heterocycles. The molecular formula is C24H28N2O4S. The predicted octanol–water partition coefficient (Wildman–Crippen LogP) is 3.01. The van der Waals surface area contributed by atoms with Crippen LogP contribution in [0.2, 0.25) is 0 Å². The molecule has 1 aromatic heterocycles. The zero-order valence-corrected chi connectivity index (χ0v) is 18.4. The molecule has 2 amide bonds. The Balaban J connectivity index is 1.44. The highest BCUT2D eigenvalue weighted by atomic mass is 32.1. The minimum Gasteiger partial charge on any atom is -0.381 e. The minimum absolute atomic E-state index is 0.0218. The maximum atomic E-state index is 13.8. The first-order chi connectivity index (χ1) is 15.2. The van der Waals surface area contributed by atoms with Crippen molar-refractivity contribution in [1.29, 1.82) is 0 Å². The van der Waals surface area contributed by atoms with Crippen molar-refractivity contribution >= 4 is 23.2 Å². The molecule has 1 aromatic carbocycles. The molecule has 0 unspecified atom stereocenters. The van der Waals surface area contributed by atoms with E-state index in [4.69, 9.17) is 9.47 Å². The van der Waals surface area contributed by atoms with Gasteiger partial charge < -0.3 is 19.3 Å². The van der Waals surface area contributed by atoms with Gasteiger partial charge in [-0.15, -0.1) is 0 Å². The number of carbonyl (C=O) groups excluding carboxylic acids is 2. The Bertz CT molecular complexity index is 913. The number of ether oxygens (including phenoxy) is 2. The quantitative estimate of drug-likeness (QED) is 0.733. The van der Waals surface area contributed by atoms with E-state index in [0.29, 0.717) is 37.7 Å². The minimum atomic E-state index is -1.02. The molecule has 3 aliphatic heterocycles. The van der Waals surface area contributed by atoms with Gasteiger partial charge >= 0.3 is 0 Å². The first-order valence-electron chi connectivity index (χ1n) is 11.0. The third kappa shape index (κ3) is 3.90. The number of rotatable bonds is 4. The van der Waals surface area contributed by atoms with Crippen molar-refractivity contribution in [2.24, 2.45) is 5.92 Å². The number of hydrogen-bond donors (Lipinski definition) is 0. The second kappa shape index (κ2) is 8.73. The van der Waals surface area contributed by atoms with Crippen LogP contribution in [0.5, 0.6) is 0 Å². The van der Waals surface area contributed by atoms with Crippen molar-refractivity contribution in [1.82, 2.24) is 9.80 Å². The fraction of sp³-hybridized carbons (Fsp3) is 0.500. The van der Waals surface area contributed by atoms with E-state index < -0.39 is 5.60 Å². The van der Waals surface area contributed by atoms with E-state index in [1.165, 1.54) is 11.3 Å². The van der Waals surface area contributed by atoms with Gasteiger partial charge in [0.2, 0.25) is 0 Å². The normalized spacial score (nSPS) is 27.2. The Hall–Kier alpha value is -2.22. The molecule has 3 fully saturated rings. The van der Waals surface area contributed by atoms with Gasteiger partial charge in [-0.25, -0.2) is 0 Å². The molecule has 31 heavy (non-hydrogen) atoms. The Morgan fingerprint density at radius 2 is 1.94 bits per heavy atom. The average Bonchev–Trinajstić information content (AvgIpc) is 3.44. The van der Waals surface area contributed by atoms with Crippen molar-refractivity contribution in [3.63, 3.8) is 0 Å². The molecule has 5 rings (SSSR count). The smallest absolute Gasteiger partial charge is 0.257 e. The third-order valence-corrected chi connectivity index (χ3v) is 7.52. The van der Waals surface area contributed by atoms with Crippen LogP contribution in [0, 0.1) is 5.92 Å². The summed E-state index contributed by atoms with van der Waals surface area (Å²) in [6, 6.07) is 12.0.